The average molecular weight is 1680 g/mol. The normalized spacial score (nSPS) is 30.7. The van der Waals surface area contributed by atoms with Crippen LogP contribution in [0.1, 0.15) is 137 Å². The summed E-state index contributed by atoms with van der Waals surface area (Å²) in [5.74, 6) is -15.5. The smallest absolute Gasteiger partial charge is 0.330 e. The van der Waals surface area contributed by atoms with Crippen LogP contribution in [0.25, 0.3) is 11.1 Å². The number of primary amides is 1. The van der Waals surface area contributed by atoms with Crippen molar-refractivity contribution in [2.45, 2.75) is 214 Å². The first-order chi connectivity index (χ1) is 56.3. The molecule has 8 aliphatic heterocycles. The van der Waals surface area contributed by atoms with Crippen LogP contribution in [0.3, 0.4) is 0 Å². The minimum atomic E-state index is -2.37. The Morgan fingerprint density at radius 1 is 0.664 bits per heavy atom. The number of rotatable bonds is 19. The minimum absolute atomic E-state index is 0.0488. The summed E-state index contributed by atoms with van der Waals surface area (Å²) >= 11 is 7.18. The molecule has 3 fully saturated rings. The Morgan fingerprint density at radius 2 is 1.28 bits per heavy atom. The van der Waals surface area contributed by atoms with Gasteiger partial charge in [0.05, 0.1) is 54.1 Å². The Labute approximate surface area is 686 Å². The van der Waals surface area contributed by atoms with Gasteiger partial charge < -0.3 is 149 Å². The third-order valence-electron chi connectivity index (χ3n) is 21.8. The molecule has 38 heteroatoms. The number of nitrogens with one attached hydrogen (secondary N) is 8. The van der Waals surface area contributed by atoms with E-state index < -0.39 is 250 Å². The van der Waals surface area contributed by atoms with Crippen LogP contribution in [0, 0.1) is 5.92 Å². The molecular weight excluding hydrogens is 1580 g/mol. The Balaban J connectivity index is 1.11. The zero-order valence-electron chi connectivity index (χ0n) is 65.6. The van der Waals surface area contributed by atoms with Gasteiger partial charge in [-0.3, -0.25) is 33.6 Å². The van der Waals surface area contributed by atoms with Crippen LogP contribution < -0.4 is 73.9 Å². The van der Waals surface area contributed by atoms with Crippen LogP contribution in [0.5, 0.6) is 46.0 Å². The third kappa shape index (κ3) is 19.2. The van der Waals surface area contributed by atoms with E-state index in [1.54, 1.807) is 30.3 Å². The molecule has 6 aromatic rings. The van der Waals surface area contributed by atoms with Crippen LogP contribution in [-0.4, -0.2) is 215 Å². The quantitative estimate of drug-likeness (QED) is 0.0537. The lowest BCUT2D eigenvalue weighted by Gasteiger charge is -2.47. The summed E-state index contributed by atoms with van der Waals surface area (Å²) in [7, 11) is 1.48. The van der Waals surface area contributed by atoms with E-state index in [2.05, 4.69) is 42.5 Å². The van der Waals surface area contributed by atoms with Gasteiger partial charge in [-0.15, -0.1) is 0 Å². The molecule has 8 heterocycles. The number of carboxylic acid groups (broad SMARTS) is 1. The number of aliphatic hydroxyl groups excluding tert-OH is 6. The van der Waals surface area contributed by atoms with Gasteiger partial charge in [0.1, 0.15) is 89.5 Å². The van der Waals surface area contributed by atoms with Gasteiger partial charge in [0.2, 0.25) is 53.4 Å². The molecule has 9 unspecified atom stereocenters. The molecule has 0 aliphatic carbocycles. The first kappa shape index (κ1) is 87.9. The van der Waals surface area contributed by atoms with Crippen molar-refractivity contribution in [2.24, 2.45) is 23.1 Å². The second-order valence-corrected chi connectivity index (χ2v) is 31.9. The number of carbonyl (C=O) groups excluding carboxylic acids is 7. The van der Waals surface area contributed by atoms with E-state index in [0.717, 1.165) is 48.0 Å². The maximum Gasteiger partial charge on any atom is 0.330 e. The number of amides is 7. The van der Waals surface area contributed by atoms with Gasteiger partial charge in [-0.2, -0.15) is 0 Å². The van der Waals surface area contributed by atoms with Crippen LogP contribution in [0.2, 0.25) is 5.02 Å². The van der Waals surface area contributed by atoms with Crippen molar-refractivity contribution in [2.75, 3.05) is 13.7 Å². The number of likely N-dealkylation sites (N-methyl/N-ethyl adjacent to an activating group) is 1. The minimum Gasteiger partial charge on any atom is -0.507 e. The molecular formula is C81H98ClN11O26. The molecule has 14 rings (SSSR count). The van der Waals surface area contributed by atoms with Crippen molar-refractivity contribution in [1.82, 2.24) is 42.5 Å². The lowest BCUT2D eigenvalue weighted by Crippen LogP contribution is -2.64. The average Bonchev–Trinajstić information content (AvgIpc) is 0.750. The number of fused-ring (bicyclic) bond motifs is 15. The number of phenols is 3. The molecule has 0 aromatic heterocycles. The number of aliphatic hydroxyl groups is 6. The fourth-order valence-electron chi connectivity index (χ4n) is 15.4. The van der Waals surface area contributed by atoms with Gasteiger partial charge in [-0.1, -0.05) is 80.0 Å². The molecule has 119 heavy (non-hydrogen) atoms. The third-order valence-corrected chi connectivity index (χ3v) is 22.1. The summed E-state index contributed by atoms with van der Waals surface area (Å²) in [6.07, 6.45) is -22.5. The molecule has 0 saturated carbocycles. The van der Waals surface area contributed by atoms with Crippen molar-refractivity contribution >= 4 is 58.9 Å². The maximum absolute atomic E-state index is 16.6. The summed E-state index contributed by atoms with van der Waals surface area (Å²) in [4.78, 5) is 121. The lowest BCUT2D eigenvalue weighted by atomic mass is 9.86. The first-order valence-corrected chi connectivity index (χ1v) is 38.8. The predicted molar refractivity (Wildman–Crippen MR) is 418 cm³/mol. The highest BCUT2D eigenvalue weighted by atomic mass is 35.5. The van der Waals surface area contributed by atoms with Crippen LogP contribution in [0.4, 0.5) is 0 Å². The number of carboxylic acids is 1. The lowest BCUT2D eigenvalue weighted by molar-refractivity contribution is -0.333. The molecule has 37 nitrogen and oxygen atoms in total. The second kappa shape index (κ2) is 36.3. The Kier molecular flexibility index (Phi) is 26.8. The number of hydrogen-bond acceptors (Lipinski definition) is 29. The SMILES string of the molecule is CNC(CC(C)C)C(=O)NC1C(=O)NC(CC(N)=O)C(=O)NC2C(=O)NC3C(=O)NC(C(=O)NC(C(=O)O)c4cc(O)c(CNCc5ccccc5)c(O)c4-c4cc3ccc4O)C(O[C@H]3C[C@](C)(N)[C@@H](O)[C@H](C)O3)c3ccc(cc3)Oc3cc2cc(c3O[C@@H]2O[C@H](CO)[C@@H](O)[C@H](O)[C@H]2O[C@H]2C[C@](C)(N)[C@@H](O)[C@H](C)O2)Oc2ccc(cc2Cl)C1O. The monoisotopic (exact) mass is 1680 g/mol. The number of nitrogens with two attached hydrogens (primary N) is 3. The van der Waals surface area contributed by atoms with E-state index in [-0.39, 0.29) is 77.0 Å². The van der Waals surface area contributed by atoms with E-state index in [1.807, 2.05) is 13.8 Å². The number of phenolic OH excluding ortho intramolecular Hbond substituents is 3. The summed E-state index contributed by atoms with van der Waals surface area (Å²) in [6, 6.07) is 9.67. The van der Waals surface area contributed by atoms with Crippen molar-refractivity contribution < 1.29 is 127 Å². The van der Waals surface area contributed by atoms with Crippen molar-refractivity contribution in [1.29, 1.82) is 0 Å². The number of halogens is 1. The van der Waals surface area contributed by atoms with E-state index in [9.17, 15) is 65.4 Å². The number of aliphatic carboxylic acids is 1. The summed E-state index contributed by atoms with van der Waals surface area (Å²) in [5.41, 5.74) is 14.2. The van der Waals surface area contributed by atoms with Gasteiger partial charge in [0.25, 0.3) is 0 Å². The number of hydrogen-bond donors (Lipinski definition) is 21. The summed E-state index contributed by atoms with van der Waals surface area (Å²) in [6.45, 7) is 8.49. The topological polar surface area (TPSA) is 587 Å². The molecule has 0 radical (unpaired) electrons. The molecule has 24 N–H and O–H groups in total. The molecule has 8 aliphatic rings. The van der Waals surface area contributed by atoms with Gasteiger partial charge in [0.15, 0.2) is 36.2 Å². The Morgan fingerprint density at radius 3 is 1.89 bits per heavy atom. The zero-order valence-corrected chi connectivity index (χ0v) is 66.3. The van der Waals surface area contributed by atoms with Crippen LogP contribution in [-0.2, 0) is 75.1 Å². The maximum atomic E-state index is 16.6. The van der Waals surface area contributed by atoms with Crippen molar-refractivity contribution in [3.63, 3.8) is 0 Å². The summed E-state index contributed by atoms with van der Waals surface area (Å²) < 4.78 is 52.0. The van der Waals surface area contributed by atoms with Gasteiger partial charge in [-0.25, -0.2) is 4.79 Å². The predicted octanol–water partition coefficient (Wildman–Crippen LogP) is 0.980. The molecule has 11 bridgehead atoms. The fourth-order valence-corrected chi connectivity index (χ4v) is 15.6. The first-order valence-electron chi connectivity index (χ1n) is 38.5. The summed E-state index contributed by atoms with van der Waals surface area (Å²) in [5, 5.41) is 138. The molecule has 22 atom stereocenters. The molecule has 7 amide bonds. The highest BCUT2D eigenvalue weighted by Crippen LogP contribution is 2.51. The van der Waals surface area contributed by atoms with Crippen molar-refractivity contribution in [3.05, 3.63) is 153 Å². The van der Waals surface area contributed by atoms with E-state index in [0.29, 0.717) is 0 Å². The number of carbonyl (C=O) groups is 8. The Bertz CT molecular complexity index is 4800. The molecule has 640 valence electrons. The standard InChI is InChI=1S/C81H98ClN11O26/c1-33(2)21-46(86-7)72(104)92-61-63(98)39-16-20-50(45(82)23-39)115-52-25-40-24-51(68(52)119-79-69(66(101)65(100)53(32-94)116-79)118-56-29-81(6,85)71(103)35(4)113-56)114-41-17-13-37(14-18-41)67(117-55-28-80(5,84)70(102)34(3)112-55)62-77(109)91-60(78(110)111)43-26-49(96)44(31-87-30-36-11-9-8-10-12-36)64(99)57(43)42-22-38(15-19-48(42)95)58(74(106)93-62)90-75(107)59(40)89-73(105)47(27-54(83)97)88-76(61)108/h8-20,22-26,33-35,46-47,53,55-56,58-63,65-67,69-71,79,86-87,94-96,98-103H,21,27-32,84-85H2,1-7H3,(H2,83,97)(H,88,108)(H,89,105)(H,90,107)(H,91,109)(H,92,104)(H,93,106)(H,110,111)/t34-,35-,46?,47?,53+,55-,56-,58?,59?,60?,61?,62?,63?,65+,66-,67?,69+,70-,71-,79-,80-,81-/m0/s1. The number of ether oxygens (including phenoxy) is 8. The largest absolute Gasteiger partial charge is 0.507 e. The molecule has 0 spiro atoms. The van der Waals surface area contributed by atoms with Crippen molar-refractivity contribution in [3.8, 4) is 57.1 Å². The van der Waals surface area contributed by atoms with Gasteiger partial charge in [-0.05, 0) is 129 Å². The van der Waals surface area contributed by atoms with E-state index in [1.165, 1.54) is 71.1 Å². The van der Waals surface area contributed by atoms with Crippen LogP contribution >= 0.6 is 11.6 Å². The highest BCUT2D eigenvalue weighted by molar-refractivity contribution is 6.32. The van der Waals surface area contributed by atoms with Gasteiger partial charge in [0, 0.05) is 53.7 Å². The second-order valence-electron chi connectivity index (χ2n) is 31.5. The number of benzene rings is 6. The van der Waals surface area contributed by atoms with E-state index >= 15 is 24.0 Å². The number of aromatic hydroxyl groups is 3. The molecule has 6 aromatic carbocycles. The Hall–Kier alpha value is -10.4. The van der Waals surface area contributed by atoms with Crippen LogP contribution in [0.15, 0.2) is 109 Å². The van der Waals surface area contributed by atoms with Gasteiger partial charge >= 0.3 is 5.97 Å². The molecule has 3 saturated heterocycles. The zero-order chi connectivity index (χ0) is 86.1. The van der Waals surface area contributed by atoms with E-state index in [4.69, 9.17) is 66.7 Å². The fraction of sp³-hybridized carbons (Fsp3) is 0.457. The highest BCUT2D eigenvalue weighted by Gasteiger charge is 2.53.